The second-order valence-corrected chi connectivity index (χ2v) is 5.88. The Hall–Kier alpha value is -1.36. The predicted octanol–water partition coefficient (Wildman–Crippen LogP) is 1.72. The first-order chi connectivity index (χ1) is 9.81. The van der Waals surface area contributed by atoms with Gasteiger partial charge in [-0.05, 0) is 32.2 Å². The summed E-state index contributed by atoms with van der Waals surface area (Å²) >= 11 is 0. The lowest BCUT2D eigenvalue weighted by Gasteiger charge is -2.30. The van der Waals surface area contributed by atoms with Crippen molar-refractivity contribution in [2.45, 2.75) is 57.5 Å². The summed E-state index contributed by atoms with van der Waals surface area (Å²) in [4.78, 5) is 14.9. The topological polar surface area (TPSA) is 61.0 Å². The molecule has 2 aliphatic rings. The van der Waals surface area contributed by atoms with Gasteiger partial charge in [-0.3, -0.25) is 9.89 Å². The van der Waals surface area contributed by atoms with Crippen LogP contribution in [0.4, 0.5) is 0 Å². The van der Waals surface area contributed by atoms with Gasteiger partial charge in [-0.1, -0.05) is 19.8 Å². The van der Waals surface area contributed by atoms with Crippen molar-refractivity contribution in [2.24, 2.45) is 0 Å². The predicted molar refractivity (Wildman–Crippen MR) is 77.7 cm³/mol. The summed E-state index contributed by atoms with van der Waals surface area (Å²) in [5, 5.41) is 10.6. The van der Waals surface area contributed by atoms with Crippen LogP contribution >= 0.6 is 0 Å². The van der Waals surface area contributed by atoms with Crippen LogP contribution in [0, 0.1) is 0 Å². The van der Waals surface area contributed by atoms with Gasteiger partial charge in [0.1, 0.15) is 0 Å². The number of carbonyl (C=O) groups excluding carboxylic acids is 1. The van der Waals surface area contributed by atoms with Gasteiger partial charge in [0.15, 0.2) is 0 Å². The van der Waals surface area contributed by atoms with Gasteiger partial charge in [0.25, 0.3) is 5.91 Å². The minimum atomic E-state index is 0.158. The van der Waals surface area contributed by atoms with Crippen LogP contribution in [0.15, 0.2) is 6.20 Å². The van der Waals surface area contributed by atoms with Crippen LogP contribution in [0.2, 0.25) is 0 Å². The molecule has 1 aromatic heterocycles. The van der Waals surface area contributed by atoms with E-state index in [-0.39, 0.29) is 5.91 Å². The Morgan fingerprint density at radius 1 is 1.40 bits per heavy atom. The second-order valence-electron chi connectivity index (χ2n) is 5.88. The number of likely N-dealkylation sites (tertiary alicyclic amines) is 1. The molecular formula is C15H24N4O. The van der Waals surface area contributed by atoms with E-state index in [1.807, 2.05) is 0 Å². The number of aromatic amines is 1. The second kappa shape index (κ2) is 5.95. The zero-order valence-electron chi connectivity index (χ0n) is 12.2. The first-order valence-electron chi connectivity index (χ1n) is 7.88. The molecule has 1 amide bonds. The maximum absolute atomic E-state index is 12.8. The maximum atomic E-state index is 12.8. The molecule has 0 unspecified atom stereocenters. The fraction of sp³-hybridized carbons (Fsp3) is 0.733. The molecule has 2 N–H and O–H groups in total. The van der Waals surface area contributed by atoms with E-state index in [9.17, 15) is 4.79 Å². The van der Waals surface area contributed by atoms with Crippen molar-refractivity contribution in [3.05, 3.63) is 17.5 Å². The van der Waals surface area contributed by atoms with Gasteiger partial charge >= 0.3 is 0 Å². The fourth-order valence-corrected chi connectivity index (χ4v) is 3.56. The molecule has 110 valence electrons. The highest BCUT2D eigenvalue weighted by Crippen LogP contribution is 2.27. The van der Waals surface area contributed by atoms with Gasteiger partial charge in [-0.25, -0.2) is 0 Å². The molecule has 0 saturated carbocycles. The standard InChI is InChI=1S/C15H24N4O/c1-2-12-11(10-17-18-12)15(20)19-9-7-13-14(19)6-4-3-5-8-16-13/h10,13-14,16H,2-9H2,1H3,(H,17,18)/t13-,14-/m1/s1. The number of fused-ring (bicyclic) bond motifs is 1. The Labute approximate surface area is 120 Å². The minimum Gasteiger partial charge on any atom is -0.334 e. The van der Waals surface area contributed by atoms with E-state index in [0.717, 1.165) is 43.6 Å². The number of aryl methyl sites for hydroxylation is 1. The first-order valence-corrected chi connectivity index (χ1v) is 7.88. The number of aromatic nitrogens is 2. The molecule has 2 saturated heterocycles. The van der Waals surface area contributed by atoms with E-state index in [0.29, 0.717) is 12.1 Å². The summed E-state index contributed by atoms with van der Waals surface area (Å²) in [6, 6.07) is 0.846. The molecule has 5 nitrogen and oxygen atoms in total. The Morgan fingerprint density at radius 2 is 2.30 bits per heavy atom. The number of nitrogens with one attached hydrogen (secondary N) is 2. The number of rotatable bonds is 2. The van der Waals surface area contributed by atoms with E-state index in [2.05, 4.69) is 27.3 Å². The molecule has 0 bridgehead atoms. The molecule has 2 atom stereocenters. The van der Waals surface area contributed by atoms with Crippen LogP contribution in [0.3, 0.4) is 0 Å². The van der Waals surface area contributed by atoms with Crippen molar-refractivity contribution in [1.82, 2.24) is 20.4 Å². The number of H-pyrrole nitrogens is 1. The van der Waals surface area contributed by atoms with Crippen LogP contribution < -0.4 is 5.32 Å². The first kappa shape index (κ1) is 13.6. The third-order valence-electron chi connectivity index (χ3n) is 4.69. The summed E-state index contributed by atoms with van der Waals surface area (Å²) in [5.74, 6) is 0.158. The molecule has 2 fully saturated rings. The molecule has 5 heteroatoms. The Morgan fingerprint density at radius 3 is 3.15 bits per heavy atom. The molecule has 2 aliphatic heterocycles. The summed E-state index contributed by atoms with van der Waals surface area (Å²) in [7, 11) is 0. The van der Waals surface area contributed by atoms with Crippen molar-refractivity contribution in [3.8, 4) is 0 Å². The van der Waals surface area contributed by atoms with Crippen molar-refractivity contribution in [3.63, 3.8) is 0 Å². The lowest BCUT2D eigenvalue weighted by Crippen LogP contribution is -2.46. The highest BCUT2D eigenvalue weighted by molar-refractivity contribution is 5.95. The van der Waals surface area contributed by atoms with Crippen molar-refractivity contribution < 1.29 is 4.79 Å². The summed E-state index contributed by atoms with van der Waals surface area (Å²) in [5.41, 5.74) is 1.72. The Bertz CT molecular complexity index is 470. The van der Waals surface area contributed by atoms with Crippen LogP contribution in [0.5, 0.6) is 0 Å². The average molecular weight is 276 g/mol. The van der Waals surface area contributed by atoms with Gasteiger partial charge in [-0.2, -0.15) is 5.10 Å². The van der Waals surface area contributed by atoms with E-state index in [1.54, 1.807) is 6.20 Å². The van der Waals surface area contributed by atoms with E-state index < -0.39 is 0 Å². The van der Waals surface area contributed by atoms with Crippen molar-refractivity contribution in [2.75, 3.05) is 13.1 Å². The quantitative estimate of drug-likeness (QED) is 0.864. The van der Waals surface area contributed by atoms with Crippen molar-refractivity contribution >= 4 is 5.91 Å². The summed E-state index contributed by atoms with van der Waals surface area (Å²) in [6.45, 7) is 4.01. The average Bonchev–Trinajstić information content (AvgIpc) is 3.04. The zero-order chi connectivity index (χ0) is 13.9. The van der Waals surface area contributed by atoms with Crippen LogP contribution in [0.25, 0.3) is 0 Å². The van der Waals surface area contributed by atoms with E-state index in [1.165, 1.54) is 19.3 Å². The normalized spacial score (nSPS) is 26.9. The lowest BCUT2D eigenvalue weighted by atomic mass is 9.99. The molecule has 20 heavy (non-hydrogen) atoms. The third kappa shape index (κ3) is 2.46. The van der Waals surface area contributed by atoms with Gasteiger partial charge in [0.05, 0.1) is 11.8 Å². The molecule has 0 spiro atoms. The number of amides is 1. The lowest BCUT2D eigenvalue weighted by molar-refractivity contribution is 0.0712. The van der Waals surface area contributed by atoms with Gasteiger partial charge in [-0.15, -0.1) is 0 Å². The van der Waals surface area contributed by atoms with Crippen LogP contribution in [-0.2, 0) is 6.42 Å². The monoisotopic (exact) mass is 276 g/mol. The van der Waals surface area contributed by atoms with Crippen LogP contribution in [-0.4, -0.2) is 46.2 Å². The van der Waals surface area contributed by atoms with Gasteiger partial charge in [0, 0.05) is 24.3 Å². The minimum absolute atomic E-state index is 0.158. The highest BCUT2D eigenvalue weighted by atomic mass is 16.2. The van der Waals surface area contributed by atoms with Gasteiger partial charge in [0.2, 0.25) is 0 Å². The van der Waals surface area contributed by atoms with Crippen LogP contribution in [0.1, 0.15) is 55.1 Å². The smallest absolute Gasteiger partial charge is 0.257 e. The highest BCUT2D eigenvalue weighted by Gasteiger charge is 2.37. The molecule has 1 aromatic rings. The fourth-order valence-electron chi connectivity index (χ4n) is 3.56. The van der Waals surface area contributed by atoms with E-state index >= 15 is 0 Å². The maximum Gasteiger partial charge on any atom is 0.257 e. The number of hydrogen-bond acceptors (Lipinski definition) is 3. The molecular weight excluding hydrogens is 252 g/mol. The molecule has 3 heterocycles. The number of hydrogen-bond donors (Lipinski definition) is 2. The molecule has 3 rings (SSSR count). The third-order valence-corrected chi connectivity index (χ3v) is 4.69. The van der Waals surface area contributed by atoms with E-state index in [4.69, 9.17) is 0 Å². The Balaban J connectivity index is 1.77. The number of carbonyl (C=O) groups is 1. The number of nitrogens with zero attached hydrogens (tertiary/aromatic N) is 2. The Kier molecular flexibility index (Phi) is 4.05. The summed E-state index contributed by atoms with van der Waals surface area (Å²) < 4.78 is 0. The molecule has 0 radical (unpaired) electrons. The zero-order valence-corrected chi connectivity index (χ0v) is 12.2. The largest absolute Gasteiger partial charge is 0.334 e. The SMILES string of the molecule is CCc1[nH]ncc1C(=O)N1CC[C@H]2NCCCCC[C@H]21. The van der Waals surface area contributed by atoms with Gasteiger partial charge < -0.3 is 10.2 Å². The molecule has 0 aliphatic carbocycles. The summed E-state index contributed by atoms with van der Waals surface area (Å²) in [6.07, 6.45) is 8.48. The van der Waals surface area contributed by atoms with Crippen molar-refractivity contribution in [1.29, 1.82) is 0 Å². The molecule has 0 aromatic carbocycles.